The molecule has 0 bridgehead atoms. The number of hydrogen-bond acceptors (Lipinski definition) is 5. The summed E-state index contributed by atoms with van der Waals surface area (Å²) in [6.45, 7) is 7.40. The molecule has 0 unspecified atom stereocenters. The molecule has 3 aromatic rings. The number of amides is 1. The number of alkyl halides is 3. The van der Waals surface area contributed by atoms with Gasteiger partial charge in [0, 0.05) is 49.5 Å². The second-order valence-electron chi connectivity index (χ2n) is 10.4. The Morgan fingerprint density at radius 1 is 1.02 bits per heavy atom. The highest BCUT2D eigenvalue weighted by atomic mass is 35.5. The van der Waals surface area contributed by atoms with E-state index in [1.54, 1.807) is 6.07 Å². The fourth-order valence-electron chi connectivity index (χ4n) is 4.35. The Morgan fingerprint density at radius 3 is 2.42 bits per heavy atom. The molecule has 0 spiro atoms. The zero-order valence-electron chi connectivity index (χ0n) is 22.6. The first-order valence-corrected chi connectivity index (χ1v) is 13.4. The van der Waals surface area contributed by atoms with Crippen molar-refractivity contribution >= 4 is 23.2 Å². The molecule has 0 atom stereocenters. The second-order valence-corrected chi connectivity index (χ2v) is 10.8. The molecule has 1 N–H and O–H groups in total. The topological polar surface area (TPSA) is 61.4 Å². The number of aromatic nitrogens is 2. The van der Waals surface area contributed by atoms with Gasteiger partial charge in [0.05, 0.1) is 16.3 Å². The van der Waals surface area contributed by atoms with Crippen LogP contribution in [0.5, 0.6) is 0 Å². The van der Waals surface area contributed by atoms with Gasteiger partial charge in [0.2, 0.25) is 0 Å². The van der Waals surface area contributed by atoms with E-state index in [1.807, 2.05) is 18.0 Å². The molecule has 1 aliphatic heterocycles. The van der Waals surface area contributed by atoms with E-state index in [0.717, 1.165) is 31.3 Å². The summed E-state index contributed by atoms with van der Waals surface area (Å²) >= 11 is 6.28. The van der Waals surface area contributed by atoms with Crippen molar-refractivity contribution in [2.45, 2.75) is 33.0 Å². The van der Waals surface area contributed by atoms with Crippen LogP contribution in [0.25, 0.3) is 0 Å². The molecule has 10 heteroatoms. The van der Waals surface area contributed by atoms with E-state index in [4.69, 9.17) is 11.6 Å². The molecule has 0 saturated carbocycles. The molecule has 2 heterocycles. The third kappa shape index (κ3) is 8.04. The molecule has 1 saturated heterocycles. The summed E-state index contributed by atoms with van der Waals surface area (Å²) < 4.78 is 41.8. The maximum absolute atomic E-state index is 13.9. The lowest BCUT2D eigenvalue weighted by molar-refractivity contribution is -0.138. The highest BCUT2D eigenvalue weighted by Crippen LogP contribution is 2.35. The van der Waals surface area contributed by atoms with Crippen LogP contribution in [0.3, 0.4) is 0 Å². The van der Waals surface area contributed by atoms with Crippen molar-refractivity contribution in [3.8, 4) is 11.8 Å². The SMILES string of the molecule is CC(C)Cc1ccc(C#Cc2cc(C(=O)Nc3ccc(CN4CCN(C)CC4)c(C(F)(F)F)c3)ccc2Cl)nn1. The average molecular weight is 570 g/mol. The number of nitrogens with zero attached hydrogens (tertiary/aromatic N) is 4. The quantitative estimate of drug-likeness (QED) is 0.383. The van der Waals surface area contributed by atoms with Crippen molar-refractivity contribution in [1.82, 2.24) is 20.0 Å². The van der Waals surface area contributed by atoms with Crippen LogP contribution in [0.1, 0.15) is 52.3 Å². The molecule has 1 amide bonds. The number of likely N-dealkylation sites (N-methyl/N-ethyl adjacent to an activating group) is 1. The Balaban J connectivity index is 1.49. The number of nitrogens with one attached hydrogen (secondary N) is 1. The fourth-order valence-corrected chi connectivity index (χ4v) is 4.52. The van der Waals surface area contributed by atoms with Gasteiger partial charge in [-0.3, -0.25) is 9.69 Å². The van der Waals surface area contributed by atoms with E-state index in [1.165, 1.54) is 30.3 Å². The zero-order valence-corrected chi connectivity index (χ0v) is 23.4. The van der Waals surface area contributed by atoms with Gasteiger partial charge in [0.25, 0.3) is 5.91 Å². The first-order valence-electron chi connectivity index (χ1n) is 13.0. The van der Waals surface area contributed by atoms with Crippen molar-refractivity contribution in [3.05, 3.63) is 87.2 Å². The van der Waals surface area contributed by atoms with Crippen molar-refractivity contribution < 1.29 is 18.0 Å². The van der Waals surface area contributed by atoms with Gasteiger partial charge >= 0.3 is 6.18 Å². The van der Waals surface area contributed by atoms with E-state index in [2.05, 4.69) is 46.1 Å². The Hall–Kier alpha value is -3.45. The first-order chi connectivity index (χ1) is 19.0. The lowest BCUT2D eigenvalue weighted by Crippen LogP contribution is -2.44. The van der Waals surface area contributed by atoms with Gasteiger partial charge < -0.3 is 10.2 Å². The minimum absolute atomic E-state index is 0.0544. The molecule has 2 aromatic carbocycles. The van der Waals surface area contributed by atoms with Crippen LogP contribution in [0.4, 0.5) is 18.9 Å². The molecule has 6 nitrogen and oxygen atoms in total. The minimum atomic E-state index is -4.55. The maximum Gasteiger partial charge on any atom is 0.416 e. The van der Waals surface area contributed by atoms with Crippen LogP contribution in [0.2, 0.25) is 5.02 Å². The number of anilines is 1. The standard InChI is InChI=1S/C30H31ClF3N5O/c1-20(2)16-26-10-9-24(36-37-26)7-4-21-17-22(6-11-28(21)31)29(40)35-25-8-5-23(27(18-25)30(32,33)34)19-39-14-12-38(3)13-15-39/h5-6,8-11,17-18,20H,12-16,19H2,1-3H3,(H,35,40). The summed E-state index contributed by atoms with van der Waals surface area (Å²) in [5.74, 6) is 5.68. The summed E-state index contributed by atoms with van der Waals surface area (Å²) in [6, 6.07) is 12.1. The molecule has 1 aliphatic rings. The van der Waals surface area contributed by atoms with Crippen LogP contribution >= 0.6 is 11.6 Å². The normalized spacial score (nSPS) is 14.6. The van der Waals surface area contributed by atoms with Crippen molar-refractivity contribution in [2.24, 2.45) is 5.92 Å². The number of carbonyl (C=O) groups is 1. The average Bonchev–Trinajstić information content (AvgIpc) is 2.90. The fraction of sp³-hybridized carbons (Fsp3) is 0.367. The Labute approximate surface area is 237 Å². The van der Waals surface area contributed by atoms with Crippen molar-refractivity contribution in [2.75, 3.05) is 38.5 Å². The highest BCUT2D eigenvalue weighted by molar-refractivity contribution is 6.32. The molecular formula is C30H31ClF3N5O. The van der Waals surface area contributed by atoms with E-state index >= 15 is 0 Å². The van der Waals surface area contributed by atoms with Crippen LogP contribution in [0.15, 0.2) is 48.5 Å². The predicted molar refractivity (Wildman–Crippen MR) is 150 cm³/mol. The van der Waals surface area contributed by atoms with Crippen LogP contribution in [-0.2, 0) is 19.1 Å². The monoisotopic (exact) mass is 569 g/mol. The van der Waals surface area contributed by atoms with Crippen LogP contribution < -0.4 is 5.32 Å². The summed E-state index contributed by atoms with van der Waals surface area (Å²) in [4.78, 5) is 17.1. The Morgan fingerprint density at radius 2 is 1.77 bits per heavy atom. The Kier molecular flexibility index (Phi) is 9.46. The summed E-state index contributed by atoms with van der Waals surface area (Å²) in [5, 5.41) is 11.2. The van der Waals surface area contributed by atoms with E-state index < -0.39 is 17.6 Å². The summed E-state index contributed by atoms with van der Waals surface area (Å²) in [7, 11) is 1.99. The largest absolute Gasteiger partial charge is 0.416 e. The first kappa shape index (κ1) is 29.5. The van der Waals surface area contributed by atoms with Gasteiger partial charge in [0.1, 0.15) is 5.69 Å². The van der Waals surface area contributed by atoms with Crippen molar-refractivity contribution in [3.63, 3.8) is 0 Å². The number of carbonyl (C=O) groups excluding carboxylic acids is 1. The maximum atomic E-state index is 13.9. The molecule has 4 rings (SSSR count). The van der Waals surface area contributed by atoms with Gasteiger partial charge in [-0.1, -0.05) is 37.4 Å². The highest BCUT2D eigenvalue weighted by Gasteiger charge is 2.34. The van der Waals surface area contributed by atoms with Gasteiger partial charge in [-0.05, 0) is 73.3 Å². The number of halogens is 4. The second kappa shape index (κ2) is 12.8. The smallest absolute Gasteiger partial charge is 0.322 e. The lowest BCUT2D eigenvalue weighted by Gasteiger charge is -2.33. The lowest BCUT2D eigenvalue weighted by atomic mass is 10.0. The third-order valence-electron chi connectivity index (χ3n) is 6.55. The molecule has 40 heavy (non-hydrogen) atoms. The third-order valence-corrected chi connectivity index (χ3v) is 6.88. The molecule has 0 radical (unpaired) electrons. The van der Waals surface area contributed by atoms with E-state index in [-0.39, 0.29) is 23.4 Å². The number of piperazine rings is 1. The molecule has 1 fully saturated rings. The van der Waals surface area contributed by atoms with E-state index in [9.17, 15) is 18.0 Å². The van der Waals surface area contributed by atoms with Gasteiger partial charge in [0.15, 0.2) is 0 Å². The van der Waals surface area contributed by atoms with Crippen molar-refractivity contribution in [1.29, 1.82) is 0 Å². The molecule has 1 aromatic heterocycles. The van der Waals surface area contributed by atoms with Gasteiger partial charge in [-0.15, -0.1) is 5.10 Å². The number of rotatable bonds is 6. The summed E-state index contributed by atoms with van der Waals surface area (Å²) in [6.07, 6.45) is -3.74. The molecule has 210 valence electrons. The van der Waals surface area contributed by atoms with Crippen LogP contribution in [0, 0.1) is 17.8 Å². The van der Waals surface area contributed by atoms with E-state index in [0.29, 0.717) is 35.3 Å². The zero-order chi connectivity index (χ0) is 28.9. The van der Waals surface area contributed by atoms with Gasteiger partial charge in [-0.25, -0.2) is 0 Å². The molecule has 0 aliphatic carbocycles. The predicted octanol–water partition coefficient (Wildman–Crippen LogP) is 5.75. The number of benzene rings is 2. The molecular weight excluding hydrogens is 539 g/mol. The Bertz CT molecular complexity index is 1410. The number of hydrogen-bond donors (Lipinski definition) is 1. The minimum Gasteiger partial charge on any atom is -0.322 e. The summed E-state index contributed by atoms with van der Waals surface area (Å²) in [5.41, 5.74) is 1.40. The van der Waals surface area contributed by atoms with Crippen LogP contribution in [-0.4, -0.2) is 59.1 Å². The van der Waals surface area contributed by atoms with Gasteiger partial charge in [-0.2, -0.15) is 18.3 Å².